The Balaban J connectivity index is 2.39. The number of para-hydroxylation sites is 1. The first-order valence-corrected chi connectivity index (χ1v) is 7.52. The second kappa shape index (κ2) is 3.77. The monoisotopic (exact) mass is 239 g/mol. The fourth-order valence-corrected chi connectivity index (χ4v) is 4.02. The van der Waals surface area contributed by atoms with Gasteiger partial charge in [-0.3, -0.25) is 0 Å². The standard InChI is InChI=1S/C12H17NO2S/c1-16(14,15)9-12(7-4-8-12)10-5-2-3-6-11(10)13/h2-3,5-6H,4,7-9,13H2,1H3. The summed E-state index contributed by atoms with van der Waals surface area (Å²) >= 11 is 0. The van der Waals surface area contributed by atoms with Crippen molar-refractivity contribution in [2.75, 3.05) is 17.7 Å². The zero-order valence-corrected chi connectivity index (χ0v) is 10.3. The van der Waals surface area contributed by atoms with Crippen LogP contribution in [0.5, 0.6) is 0 Å². The maximum Gasteiger partial charge on any atom is 0.148 e. The van der Waals surface area contributed by atoms with E-state index in [2.05, 4.69) is 0 Å². The molecule has 2 N–H and O–H groups in total. The predicted molar refractivity (Wildman–Crippen MR) is 66.1 cm³/mol. The lowest BCUT2D eigenvalue weighted by Crippen LogP contribution is -2.41. The van der Waals surface area contributed by atoms with Crippen LogP contribution in [0.2, 0.25) is 0 Å². The van der Waals surface area contributed by atoms with E-state index < -0.39 is 9.84 Å². The minimum atomic E-state index is -2.96. The summed E-state index contributed by atoms with van der Waals surface area (Å²) in [7, 11) is -2.96. The SMILES string of the molecule is CS(=O)(=O)CC1(c2ccccc2N)CCC1. The fourth-order valence-electron chi connectivity index (χ4n) is 2.58. The molecule has 1 aliphatic carbocycles. The van der Waals surface area contributed by atoms with Gasteiger partial charge in [-0.05, 0) is 24.5 Å². The lowest BCUT2D eigenvalue weighted by molar-refractivity contribution is 0.276. The van der Waals surface area contributed by atoms with E-state index in [-0.39, 0.29) is 11.2 Å². The lowest BCUT2D eigenvalue weighted by atomic mass is 9.65. The Hall–Kier alpha value is -1.03. The van der Waals surface area contributed by atoms with Crippen LogP contribution in [-0.4, -0.2) is 20.4 Å². The van der Waals surface area contributed by atoms with Gasteiger partial charge in [-0.15, -0.1) is 0 Å². The number of rotatable bonds is 3. The van der Waals surface area contributed by atoms with Crippen LogP contribution in [0, 0.1) is 0 Å². The normalized spacial score (nSPS) is 19.1. The van der Waals surface area contributed by atoms with Gasteiger partial charge in [0.1, 0.15) is 9.84 Å². The third kappa shape index (κ3) is 2.07. The molecule has 1 fully saturated rings. The molecule has 88 valence electrons. The summed E-state index contributed by atoms with van der Waals surface area (Å²) in [6, 6.07) is 7.61. The molecule has 0 unspecified atom stereocenters. The molecule has 0 radical (unpaired) electrons. The van der Waals surface area contributed by atoms with Gasteiger partial charge in [-0.1, -0.05) is 24.6 Å². The Morgan fingerprint density at radius 1 is 1.31 bits per heavy atom. The van der Waals surface area contributed by atoms with E-state index in [9.17, 15) is 8.42 Å². The first-order valence-electron chi connectivity index (χ1n) is 5.46. The van der Waals surface area contributed by atoms with Crippen LogP contribution < -0.4 is 5.73 Å². The van der Waals surface area contributed by atoms with Gasteiger partial charge < -0.3 is 5.73 Å². The fraction of sp³-hybridized carbons (Fsp3) is 0.500. The molecule has 0 atom stereocenters. The summed E-state index contributed by atoms with van der Waals surface area (Å²) in [5, 5.41) is 0. The Morgan fingerprint density at radius 2 is 1.94 bits per heavy atom. The molecule has 1 aromatic carbocycles. The average Bonchev–Trinajstić information content (AvgIpc) is 2.11. The number of benzene rings is 1. The van der Waals surface area contributed by atoms with Crippen LogP contribution >= 0.6 is 0 Å². The smallest absolute Gasteiger partial charge is 0.148 e. The minimum absolute atomic E-state index is 0.216. The summed E-state index contributed by atoms with van der Waals surface area (Å²) in [5.41, 5.74) is 7.44. The third-order valence-corrected chi connectivity index (χ3v) is 4.46. The van der Waals surface area contributed by atoms with E-state index in [0.717, 1.165) is 24.8 Å². The molecular weight excluding hydrogens is 222 g/mol. The highest BCUT2D eigenvalue weighted by atomic mass is 32.2. The molecule has 4 heteroatoms. The van der Waals surface area contributed by atoms with Crippen LogP contribution in [0.4, 0.5) is 5.69 Å². The van der Waals surface area contributed by atoms with Gasteiger partial charge in [0.25, 0.3) is 0 Å². The molecule has 3 nitrogen and oxygen atoms in total. The largest absolute Gasteiger partial charge is 0.398 e. The molecule has 0 amide bonds. The van der Waals surface area contributed by atoms with E-state index in [1.54, 1.807) is 0 Å². The maximum atomic E-state index is 11.5. The number of hydrogen-bond acceptors (Lipinski definition) is 3. The van der Waals surface area contributed by atoms with Gasteiger partial charge in [0.05, 0.1) is 5.75 Å². The second-order valence-electron chi connectivity index (χ2n) is 4.79. The molecule has 0 bridgehead atoms. The summed E-state index contributed by atoms with van der Waals surface area (Å²) in [6.07, 6.45) is 4.23. The van der Waals surface area contributed by atoms with Gasteiger partial charge in [0.15, 0.2) is 0 Å². The number of nitrogen functional groups attached to an aromatic ring is 1. The average molecular weight is 239 g/mol. The molecule has 16 heavy (non-hydrogen) atoms. The van der Waals surface area contributed by atoms with Gasteiger partial charge in [-0.25, -0.2) is 8.42 Å². The highest BCUT2D eigenvalue weighted by Gasteiger charge is 2.42. The van der Waals surface area contributed by atoms with E-state index in [1.807, 2.05) is 24.3 Å². The van der Waals surface area contributed by atoms with Gasteiger partial charge in [-0.2, -0.15) is 0 Å². The van der Waals surface area contributed by atoms with Crippen molar-refractivity contribution in [1.29, 1.82) is 0 Å². The number of nitrogens with two attached hydrogens (primary N) is 1. The van der Waals surface area contributed by atoms with Gasteiger partial charge in [0, 0.05) is 17.4 Å². The van der Waals surface area contributed by atoms with Crippen molar-refractivity contribution in [3.8, 4) is 0 Å². The Bertz CT molecular complexity index is 489. The third-order valence-electron chi connectivity index (χ3n) is 3.38. The Labute approximate surface area is 96.6 Å². The van der Waals surface area contributed by atoms with Crippen molar-refractivity contribution >= 4 is 15.5 Å². The summed E-state index contributed by atoms with van der Waals surface area (Å²) in [4.78, 5) is 0. The molecule has 0 heterocycles. The molecular formula is C12H17NO2S. The first-order chi connectivity index (χ1) is 7.43. The van der Waals surface area contributed by atoms with Crippen molar-refractivity contribution in [2.45, 2.75) is 24.7 Å². The molecule has 2 rings (SSSR count). The van der Waals surface area contributed by atoms with Gasteiger partial charge >= 0.3 is 0 Å². The van der Waals surface area contributed by atoms with E-state index in [1.165, 1.54) is 6.26 Å². The molecule has 0 aromatic heterocycles. The zero-order chi connectivity index (χ0) is 11.8. The van der Waals surface area contributed by atoms with Gasteiger partial charge in [0.2, 0.25) is 0 Å². The van der Waals surface area contributed by atoms with Crippen molar-refractivity contribution in [3.05, 3.63) is 29.8 Å². The first kappa shape index (κ1) is 11.5. The number of sulfone groups is 1. The number of anilines is 1. The van der Waals surface area contributed by atoms with Crippen molar-refractivity contribution in [3.63, 3.8) is 0 Å². The van der Waals surface area contributed by atoms with Crippen molar-refractivity contribution < 1.29 is 8.42 Å². The van der Waals surface area contributed by atoms with Crippen LogP contribution in [0.25, 0.3) is 0 Å². The summed E-state index contributed by atoms with van der Waals surface area (Å²) in [6.45, 7) is 0. The quantitative estimate of drug-likeness (QED) is 0.817. The summed E-state index contributed by atoms with van der Waals surface area (Å²) in [5.74, 6) is 0.216. The highest BCUT2D eigenvalue weighted by Crippen LogP contribution is 2.46. The lowest BCUT2D eigenvalue weighted by Gasteiger charge is -2.42. The topological polar surface area (TPSA) is 60.2 Å². The molecule has 0 aliphatic heterocycles. The highest BCUT2D eigenvalue weighted by molar-refractivity contribution is 7.90. The molecule has 0 saturated heterocycles. The second-order valence-corrected chi connectivity index (χ2v) is 6.93. The Morgan fingerprint density at radius 3 is 2.38 bits per heavy atom. The van der Waals surface area contributed by atoms with E-state index in [0.29, 0.717) is 5.69 Å². The zero-order valence-electron chi connectivity index (χ0n) is 9.44. The van der Waals surface area contributed by atoms with Crippen molar-refractivity contribution in [1.82, 2.24) is 0 Å². The maximum absolute atomic E-state index is 11.5. The van der Waals surface area contributed by atoms with Crippen LogP contribution in [0.15, 0.2) is 24.3 Å². The minimum Gasteiger partial charge on any atom is -0.398 e. The van der Waals surface area contributed by atoms with Crippen LogP contribution in [0.3, 0.4) is 0 Å². The molecule has 1 saturated carbocycles. The molecule has 1 aliphatic rings. The number of hydrogen-bond donors (Lipinski definition) is 1. The van der Waals surface area contributed by atoms with Crippen LogP contribution in [-0.2, 0) is 15.3 Å². The molecule has 0 spiro atoms. The summed E-state index contributed by atoms with van der Waals surface area (Å²) < 4.78 is 23.0. The Kier molecular flexibility index (Phi) is 2.70. The van der Waals surface area contributed by atoms with E-state index in [4.69, 9.17) is 5.73 Å². The van der Waals surface area contributed by atoms with Crippen molar-refractivity contribution in [2.24, 2.45) is 0 Å². The van der Waals surface area contributed by atoms with Crippen LogP contribution in [0.1, 0.15) is 24.8 Å². The predicted octanol–water partition coefficient (Wildman–Crippen LogP) is 1.74. The van der Waals surface area contributed by atoms with E-state index >= 15 is 0 Å². The molecule has 1 aromatic rings.